The standard InChI is InChI=1S/C26H30FN3O5/c1-2-14-30-22(13-12-20(31)15-21(32)16-23(33)34)24(17-8-10-18(27)11-9-17)29-25(30)26(35)28-19-6-4-3-5-7-19/h3-11,20-21,31-32H,2,12-16H2,1H3,(H,28,35)(H,33,34)/t20-,21-/m1/s1. The van der Waals surface area contributed by atoms with Crippen LogP contribution in [0.3, 0.4) is 0 Å². The lowest BCUT2D eigenvalue weighted by molar-refractivity contribution is -0.139. The van der Waals surface area contributed by atoms with E-state index in [1.165, 1.54) is 12.1 Å². The predicted molar refractivity (Wildman–Crippen MR) is 130 cm³/mol. The lowest BCUT2D eigenvalue weighted by Gasteiger charge is -2.16. The van der Waals surface area contributed by atoms with Crippen LogP contribution in [0.15, 0.2) is 54.6 Å². The van der Waals surface area contributed by atoms with Crippen LogP contribution in [0.4, 0.5) is 10.1 Å². The van der Waals surface area contributed by atoms with Gasteiger partial charge in [-0.2, -0.15) is 0 Å². The molecule has 0 saturated heterocycles. The van der Waals surface area contributed by atoms with E-state index < -0.39 is 36.3 Å². The number of nitrogens with one attached hydrogen (secondary N) is 1. The molecule has 3 aromatic rings. The smallest absolute Gasteiger partial charge is 0.305 e. The van der Waals surface area contributed by atoms with Crippen LogP contribution in [0.2, 0.25) is 0 Å². The lowest BCUT2D eigenvalue weighted by atomic mass is 10.0. The Bertz CT molecular complexity index is 1130. The molecule has 1 aromatic heterocycles. The van der Waals surface area contributed by atoms with E-state index in [9.17, 15) is 24.2 Å². The molecule has 0 spiro atoms. The van der Waals surface area contributed by atoms with E-state index >= 15 is 0 Å². The van der Waals surface area contributed by atoms with E-state index in [0.29, 0.717) is 35.6 Å². The molecule has 186 valence electrons. The molecule has 1 amide bonds. The van der Waals surface area contributed by atoms with Crippen LogP contribution in [-0.2, 0) is 17.8 Å². The fourth-order valence-corrected chi connectivity index (χ4v) is 3.95. The van der Waals surface area contributed by atoms with Crippen LogP contribution < -0.4 is 5.32 Å². The summed E-state index contributed by atoms with van der Waals surface area (Å²) in [6.07, 6.45) is -1.38. The first-order valence-electron chi connectivity index (χ1n) is 11.6. The summed E-state index contributed by atoms with van der Waals surface area (Å²) in [5.74, 6) is -1.73. The van der Waals surface area contributed by atoms with Crippen molar-refractivity contribution in [2.24, 2.45) is 0 Å². The van der Waals surface area contributed by atoms with E-state index in [1.54, 1.807) is 28.8 Å². The fourth-order valence-electron chi connectivity index (χ4n) is 3.95. The number of carbonyl (C=O) groups excluding carboxylic acids is 1. The van der Waals surface area contributed by atoms with E-state index in [2.05, 4.69) is 10.3 Å². The maximum absolute atomic E-state index is 13.6. The molecule has 9 heteroatoms. The van der Waals surface area contributed by atoms with Crippen LogP contribution in [0, 0.1) is 5.82 Å². The first kappa shape index (κ1) is 26.1. The zero-order valence-electron chi connectivity index (χ0n) is 19.5. The molecule has 0 unspecified atom stereocenters. The summed E-state index contributed by atoms with van der Waals surface area (Å²) in [5, 5.41) is 31.9. The molecule has 0 bridgehead atoms. The van der Waals surface area contributed by atoms with Gasteiger partial charge in [0, 0.05) is 23.5 Å². The number of nitrogens with zero attached hydrogens (tertiary/aromatic N) is 2. The summed E-state index contributed by atoms with van der Waals surface area (Å²) < 4.78 is 15.4. The Hall–Kier alpha value is -3.56. The van der Waals surface area contributed by atoms with Gasteiger partial charge in [-0.25, -0.2) is 9.37 Å². The van der Waals surface area contributed by atoms with Gasteiger partial charge in [-0.15, -0.1) is 0 Å². The summed E-state index contributed by atoms with van der Waals surface area (Å²) in [4.78, 5) is 28.6. The molecule has 35 heavy (non-hydrogen) atoms. The number of halogens is 1. The van der Waals surface area contributed by atoms with Gasteiger partial charge in [0.1, 0.15) is 5.82 Å². The zero-order valence-corrected chi connectivity index (χ0v) is 19.5. The molecule has 0 fully saturated rings. The van der Waals surface area contributed by atoms with Gasteiger partial charge in [-0.1, -0.05) is 25.1 Å². The number of rotatable bonds is 12. The topological polar surface area (TPSA) is 125 Å². The third kappa shape index (κ3) is 7.21. The number of para-hydroxylation sites is 1. The van der Waals surface area contributed by atoms with Crippen LogP contribution in [-0.4, -0.2) is 49.0 Å². The number of aliphatic hydroxyl groups excluding tert-OH is 2. The second-order valence-electron chi connectivity index (χ2n) is 8.39. The number of anilines is 1. The minimum absolute atomic E-state index is 0.0819. The molecule has 0 aliphatic heterocycles. The van der Waals surface area contributed by atoms with Crippen molar-refractivity contribution in [3.05, 3.63) is 71.9 Å². The highest BCUT2D eigenvalue weighted by atomic mass is 19.1. The van der Waals surface area contributed by atoms with Crippen molar-refractivity contribution in [1.29, 1.82) is 0 Å². The van der Waals surface area contributed by atoms with Crippen molar-refractivity contribution >= 4 is 17.6 Å². The van der Waals surface area contributed by atoms with Gasteiger partial charge in [0.2, 0.25) is 0 Å². The third-order valence-electron chi connectivity index (χ3n) is 5.54. The van der Waals surface area contributed by atoms with Crippen molar-refractivity contribution < 1.29 is 29.3 Å². The summed E-state index contributed by atoms with van der Waals surface area (Å²) >= 11 is 0. The second kappa shape index (κ2) is 12.2. The first-order chi connectivity index (χ1) is 16.8. The predicted octanol–water partition coefficient (Wildman–Crippen LogP) is 3.87. The molecular formula is C26H30FN3O5. The number of benzene rings is 2. The SMILES string of the molecule is CCCn1c(C(=O)Nc2ccccc2)nc(-c2ccc(F)cc2)c1CC[C@@H](O)C[C@@H](O)CC(=O)O. The average Bonchev–Trinajstić information content (AvgIpc) is 3.17. The van der Waals surface area contributed by atoms with Crippen molar-refractivity contribution in [2.45, 2.75) is 57.8 Å². The van der Waals surface area contributed by atoms with Crippen molar-refractivity contribution in [3.63, 3.8) is 0 Å². The van der Waals surface area contributed by atoms with Crippen molar-refractivity contribution in [3.8, 4) is 11.3 Å². The lowest BCUT2D eigenvalue weighted by Crippen LogP contribution is -2.22. The van der Waals surface area contributed by atoms with Crippen LogP contribution in [0.25, 0.3) is 11.3 Å². The second-order valence-corrected chi connectivity index (χ2v) is 8.39. The molecule has 0 aliphatic carbocycles. The summed E-state index contributed by atoms with van der Waals surface area (Å²) in [5.41, 5.74) is 2.46. The Morgan fingerprint density at radius 3 is 2.37 bits per heavy atom. The van der Waals surface area contributed by atoms with Gasteiger partial charge >= 0.3 is 5.97 Å². The number of amides is 1. The molecule has 0 radical (unpaired) electrons. The molecule has 8 nitrogen and oxygen atoms in total. The Morgan fingerprint density at radius 1 is 1.06 bits per heavy atom. The summed E-state index contributed by atoms with van der Waals surface area (Å²) in [6, 6.07) is 14.8. The first-order valence-corrected chi connectivity index (χ1v) is 11.6. The molecule has 0 aliphatic rings. The number of carbonyl (C=O) groups is 2. The maximum Gasteiger partial charge on any atom is 0.305 e. The minimum atomic E-state index is -1.16. The van der Waals surface area contributed by atoms with Gasteiger partial charge in [-0.05, 0) is 62.1 Å². The molecule has 0 saturated carbocycles. The quantitative estimate of drug-likeness (QED) is 0.310. The largest absolute Gasteiger partial charge is 0.481 e. The Kier molecular flexibility index (Phi) is 9.11. The fraction of sp³-hybridized carbons (Fsp3) is 0.346. The van der Waals surface area contributed by atoms with Crippen LogP contribution in [0.1, 0.15) is 48.9 Å². The van der Waals surface area contributed by atoms with Crippen molar-refractivity contribution in [1.82, 2.24) is 9.55 Å². The monoisotopic (exact) mass is 483 g/mol. The molecular weight excluding hydrogens is 453 g/mol. The highest BCUT2D eigenvalue weighted by molar-refractivity contribution is 6.02. The Labute approximate surface area is 203 Å². The third-order valence-corrected chi connectivity index (χ3v) is 5.54. The number of aliphatic carboxylic acids is 1. The van der Waals surface area contributed by atoms with E-state index in [0.717, 1.165) is 6.42 Å². The number of aliphatic hydroxyl groups is 2. The highest BCUT2D eigenvalue weighted by Crippen LogP contribution is 2.28. The number of hydrogen-bond acceptors (Lipinski definition) is 5. The average molecular weight is 484 g/mol. The molecule has 2 atom stereocenters. The highest BCUT2D eigenvalue weighted by Gasteiger charge is 2.24. The number of imidazole rings is 1. The normalized spacial score (nSPS) is 12.8. The summed E-state index contributed by atoms with van der Waals surface area (Å²) in [6.45, 7) is 2.47. The Balaban J connectivity index is 1.93. The van der Waals surface area contributed by atoms with E-state index in [-0.39, 0.29) is 18.7 Å². The molecule has 1 heterocycles. The molecule has 2 aromatic carbocycles. The molecule has 4 N–H and O–H groups in total. The van der Waals surface area contributed by atoms with E-state index in [1.807, 2.05) is 25.1 Å². The number of aromatic nitrogens is 2. The van der Waals surface area contributed by atoms with Gasteiger partial charge in [-0.3, -0.25) is 9.59 Å². The van der Waals surface area contributed by atoms with Gasteiger partial charge in [0.25, 0.3) is 5.91 Å². The van der Waals surface area contributed by atoms with Crippen LogP contribution in [0.5, 0.6) is 0 Å². The number of carboxylic acid groups (broad SMARTS) is 1. The summed E-state index contributed by atoms with van der Waals surface area (Å²) in [7, 11) is 0. The van der Waals surface area contributed by atoms with Gasteiger partial charge in [0.15, 0.2) is 5.82 Å². The zero-order chi connectivity index (χ0) is 25.4. The van der Waals surface area contributed by atoms with Gasteiger partial charge in [0.05, 0.1) is 24.3 Å². The van der Waals surface area contributed by atoms with Gasteiger partial charge < -0.3 is 25.2 Å². The van der Waals surface area contributed by atoms with Crippen molar-refractivity contribution in [2.75, 3.05) is 5.32 Å². The molecule has 3 rings (SSSR count). The van der Waals surface area contributed by atoms with E-state index in [4.69, 9.17) is 5.11 Å². The van der Waals surface area contributed by atoms with Crippen LogP contribution >= 0.6 is 0 Å². The number of carboxylic acids is 1. The number of hydrogen-bond donors (Lipinski definition) is 4. The maximum atomic E-state index is 13.6. The Morgan fingerprint density at radius 2 is 1.74 bits per heavy atom. The minimum Gasteiger partial charge on any atom is -0.481 e.